The molecule has 1 saturated carbocycles. The van der Waals surface area contributed by atoms with Crippen LogP contribution in [0.3, 0.4) is 0 Å². The lowest BCUT2D eigenvalue weighted by atomic mass is 10.0. The van der Waals surface area contributed by atoms with E-state index in [2.05, 4.69) is 4.90 Å². The number of hydrogen-bond acceptors (Lipinski definition) is 2. The lowest BCUT2D eigenvalue weighted by Gasteiger charge is -2.25. The van der Waals surface area contributed by atoms with Crippen LogP contribution in [0.25, 0.3) is 0 Å². The van der Waals surface area contributed by atoms with Gasteiger partial charge in [-0.1, -0.05) is 18.0 Å². The second-order valence-corrected chi connectivity index (χ2v) is 6.28. The van der Waals surface area contributed by atoms with E-state index in [1.165, 1.54) is 32.2 Å². The molecule has 3 rings (SSSR count). The van der Waals surface area contributed by atoms with Crippen molar-refractivity contribution in [1.29, 1.82) is 0 Å². The molecule has 1 N–H and O–H groups in total. The number of benzene rings is 1. The highest BCUT2D eigenvalue weighted by Gasteiger charge is 2.30. The number of nitrogens with zero attached hydrogens (tertiary/aromatic N) is 1. The Kier molecular flexibility index (Phi) is 4.99. The first-order chi connectivity index (χ1) is 8.70. The van der Waals surface area contributed by atoms with E-state index in [0.717, 1.165) is 30.5 Å². The minimum Gasteiger partial charge on any atom is -0.508 e. The SMILES string of the molecule is Cl.Oc1ccc(Cl)cc1CN1CCC2CCC(C2)C1. The Morgan fingerprint density at radius 1 is 1.21 bits per heavy atom. The van der Waals surface area contributed by atoms with Crippen molar-refractivity contribution in [2.45, 2.75) is 32.2 Å². The molecule has 1 aromatic rings. The number of likely N-dealkylation sites (tertiary alicyclic amines) is 1. The van der Waals surface area contributed by atoms with Crippen LogP contribution in [-0.2, 0) is 6.54 Å². The molecule has 1 aromatic carbocycles. The van der Waals surface area contributed by atoms with Gasteiger partial charge in [-0.15, -0.1) is 12.4 Å². The van der Waals surface area contributed by atoms with E-state index >= 15 is 0 Å². The maximum Gasteiger partial charge on any atom is 0.120 e. The fourth-order valence-electron chi connectivity index (χ4n) is 3.49. The van der Waals surface area contributed by atoms with Crippen LogP contribution in [0.2, 0.25) is 5.02 Å². The van der Waals surface area contributed by atoms with Crippen LogP contribution in [0.15, 0.2) is 18.2 Å². The molecule has 19 heavy (non-hydrogen) atoms. The molecule has 1 heterocycles. The second-order valence-electron chi connectivity index (χ2n) is 5.84. The molecule has 2 atom stereocenters. The number of rotatable bonds is 2. The fourth-order valence-corrected chi connectivity index (χ4v) is 3.69. The molecule has 106 valence electrons. The Morgan fingerprint density at radius 2 is 2.00 bits per heavy atom. The molecule has 0 radical (unpaired) electrons. The van der Waals surface area contributed by atoms with Gasteiger partial charge in [-0.25, -0.2) is 0 Å². The third-order valence-corrected chi connectivity index (χ3v) is 4.69. The van der Waals surface area contributed by atoms with Crippen LogP contribution in [0.4, 0.5) is 0 Å². The third-order valence-electron chi connectivity index (χ3n) is 4.46. The van der Waals surface area contributed by atoms with Crippen molar-refractivity contribution in [3.8, 4) is 5.75 Å². The van der Waals surface area contributed by atoms with Crippen LogP contribution in [0, 0.1) is 11.8 Å². The number of hydrogen-bond donors (Lipinski definition) is 1. The van der Waals surface area contributed by atoms with E-state index in [0.29, 0.717) is 10.8 Å². The highest BCUT2D eigenvalue weighted by atomic mass is 35.5. The largest absolute Gasteiger partial charge is 0.508 e. The van der Waals surface area contributed by atoms with Crippen molar-refractivity contribution in [1.82, 2.24) is 4.90 Å². The number of aromatic hydroxyl groups is 1. The Morgan fingerprint density at radius 3 is 2.84 bits per heavy atom. The van der Waals surface area contributed by atoms with E-state index in [-0.39, 0.29) is 12.4 Å². The summed E-state index contributed by atoms with van der Waals surface area (Å²) in [5, 5.41) is 10.6. The van der Waals surface area contributed by atoms with Crippen LogP contribution in [0.1, 0.15) is 31.2 Å². The predicted molar refractivity (Wildman–Crippen MR) is 81.1 cm³/mol. The highest BCUT2D eigenvalue weighted by molar-refractivity contribution is 6.30. The maximum absolute atomic E-state index is 9.88. The molecule has 1 aliphatic carbocycles. The van der Waals surface area contributed by atoms with Gasteiger partial charge in [0.25, 0.3) is 0 Å². The summed E-state index contributed by atoms with van der Waals surface area (Å²) in [4.78, 5) is 2.48. The van der Waals surface area contributed by atoms with Crippen molar-refractivity contribution >= 4 is 24.0 Å². The number of halogens is 2. The predicted octanol–water partition coefficient (Wildman–Crippen LogP) is 4.09. The monoisotopic (exact) mass is 301 g/mol. The zero-order valence-corrected chi connectivity index (χ0v) is 12.6. The maximum atomic E-state index is 9.88. The normalized spacial score (nSPS) is 26.8. The van der Waals surface area contributed by atoms with Crippen molar-refractivity contribution in [3.63, 3.8) is 0 Å². The van der Waals surface area contributed by atoms with Gasteiger partial charge in [0.05, 0.1) is 0 Å². The molecule has 0 spiro atoms. The molecule has 0 aromatic heterocycles. The van der Waals surface area contributed by atoms with E-state index in [4.69, 9.17) is 11.6 Å². The summed E-state index contributed by atoms with van der Waals surface area (Å²) in [6, 6.07) is 5.33. The van der Waals surface area contributed by atoms with Crippen molar-refractivity contribution in [2.75, 3.05) is 13.1 Å². The van der Waals surface area contributed by atoms with Crippen molar-refractivity contribution in [3.05, 3.63) is 28.8 Å². The Labute approximate surface area is 126 Å². The lowest BCUT2D eigenvalue weighted by Crippen LogP contribution is -2.28. The smallest absolute Gasteiger partial charge is 0.120 e. The fraction of sp³-hybridized carbons (Fsp3) is 0.600. The summed E-state index contributed by atoms with van der Waals surface area (Å²) in [7, 11) is 0. The summed E-state index contributed by atoms with van der Waals surface area (Å²) >= 11 is 6.00. The third kappa shape index (κ3) is 3.56. The molecular weight excluding hydrogens is 281 g/mol. The van der Waals surface area contributed by atoms with Gasteiger partial charge in [0.1, 0.15) is 5.75 Å². The summed E-state index contributed by atoms with van der Waals surface area (Å²) in [5.41, 5.74) is 0.959. The second kappa shape index (κ2) is 6.34. The van der Waals surface area contributed by atoms with Crippen molar-refractivity contribution < 1.29 is 5.11 Å². The van der Waals surface area contributed by atoms with Gasteiger partial charge < -0.3 is 5.11 Å². The zero-order chi connectivity index (χ0) is 12.5. The first kappa shape index (κ1) is 15.0. The quantitative estimate of drug-likeness (QED) is 0.889. The van der Waals surface area contributed by atoms with Gasteiger partial charge in [-0.3, -0.25) is 4.90 Å². The van der Waals surface area contributed by atoms with E-state index in [9.17, 15) is 5.11 Å². The van der Waals surface area contributed by atoms with Gasteiger partial charge in [0.15, 0.2) is 0 Å². The molecule has 2 nitrogen and oxygen atoms in total. The molecule has 2 bridgehead atoms. The average Bonchev–Trinajstić information content (AvgIpc) is 2.67. The molecule has 4 heteroatoms. The molecule has 2 aliphatic rings. The summed E-state index contributed by atoms with van der Waals surface area (Å²) in [6.45, 7) is 3.17. The standard InChI is InChI=1S/C15H20ClNO.ClH/c16-14-3-4-15(18)13(8-14)10-17-6-5-11-1-2-12(7-11)9-17;/h3-4,8,11-12,18H,1-2,5-7,9-10H2;1H. The minimum absolute atomic E-state index is 0. The number of fused-ring (bicyclic) bond motifs is 2. The summed E-state index contributed by atoms with van der Waals surface area (Å²) in [5.74, 6) is 2.19. The van der Waals surface area contributed by atoms with Crippen LogP contribution in [-0.4, -0.2) is 23.1 Å². The molecule has 1 saturated heterocycles. The molecule has 1 aliphatic heterocycles. The zero-order valence-electron chi connectivity index (χ0n) is 11.0. The summed E-state index contributed by atoms with van der Waals surface area (Å²) in [6.07, 6.45) is 5.56. The van der Waals surface area contributed by atoms with E-state index in [1.54, 1.807) is 12.1 Å². The lowest BCUT2D eigenvalue weighted by molar-refractivity contribution is 0.226. The van der Waals surface area contributed by atoms with Gasteiger partial charge in [-0.2, -0.15) is 0 Å². The Balaban J connectivity index is 0.00000133. The van der Waals surface area contributed by atoms with Gasteiger partial charge >= 0.3 is 0 Å². The van der Waals surface area contributed by atoms with Crippen LogP contribution in [0.5, 0.6) is 5.75 Å². The molecule has 2 unspecified atom stereocenters. The topological polar surface area (TPSA) is 23.5 Å². The Hall–Kier alpha value is -0.440. The van der Waals surface area contributed by atoms with Crippen LogP contribution >= 0.6 is 24.0 Å². The summed E-state index contributed by atoms with van der Waals surface area (Å²) < 4.78 is 0. The first-order valence-electron chi connectivity index (χ1n) is 6.90. The van der Waals surface area contributed by atoms with E-state index in [1.807, 2.05) is 6.07 Å². The van der Waals surface area contributed by atoms with Gasteiger partial charge in [0.2, 0.25) is 0 Å². The van der Waals surface area contributed by atoms with E-state index < -0.39 is 0 Å². The highest BCUT2D eigenvalue weighted by Crippen LogP contribution is 2.37. The minimum atomic E-state index is 0. The molecule has 2 fully saturated rings. The first-order valence-corrected chi connectivity index (χ1v) is 7.28. The average molecular weight is 302 g/mol. The Bertz CT molecular complexity index is 438. The number of phenolic OH excluding ortho intramolecular Hbond substituents is 1. The molecular formula is C15H21Cl2NO. The molecule has 0 amide bonds. The van der Waals surface area contributed by atoms with Gasteiger partial charge in [-0.05, 0) is 55.8 Å². The van der Waals surface area contributed by atoms with Crippen LogP contribution < -0.4 is 0 Å². The van der Waals surface area contributed by atoms with Gasteiger partial charge in [0, 0.05) is 23.7 Å². The number of phenols is 1. The van der Waals surface area contributed by atoms with Crippen molar-refractivity contribution in [2.24, 2.45) is 11.8 Å².